The van der Waals surface area contributed by atoms with Gasteiger partial charge in [0.05, 0.1) is 11.7 Å². The van der Waals surface area contributed by atoms with Gasteiger partial charge in [-0.25, -0.2) is 4.98 Å². The second-order valence-corrected chi connectivity index (χ2v) is 6.41. The molecule has 0 radical (unpaired) electrons. The molecule has 5 aromatic rings. The molecule has 0 aliphatic heterocycles. The molecule has 8 nitrogen and oxygen atoms in total. The van der Waals surface area contributed by atoms with Crippen LogP contribution in [0, 0.1) is 0 Å². The molecule has 0 fully saturated rings. The maximum atomic E-state index is 11.3. The van der Waals surface area contributed by atoms with Crippen LogP contribution in [-0.2, 0) is 0 Å². The van der Waals surface area contributed by atoms with Crippen LogP contribution < -0.4 is 11.1 Å². The molecule has 0 saturated carbocycles. The van der Waals surface area contributed by atoms with E-state index in [0.717, 1.165) is 44.9 Å². The lowest BCUT2D eigenvalue weighted by atomic mass is 10.00. The van der Waals surface area contributed by atoms with Gasteiger partial charge in [0.1, 0.15) is 5.82 Å². The second kappa shape index (κ2) is 6.20. The van der Waals surface area contributed by atoms with E-state index in [0.29, 0.717) is 11.4 Å². The average Bonchev–Trinajstić information content (AvgIpc) is 3.33. The molecule has 28 heavy (non-hydrogen) atoms. The highest BCUT2D eigenvalue weighted by atomic mass is 16.1. The lowest BCUT2D eigenvalue weighted by molar-refractivity contribution is 0.112. The number of hydrogen-bond acceptors (Lipinski definition) is 6. The number of carbonyl (C=O) groups excluding carboxylic acids is 1. The van der Waals surface area contributed by atoms with Crippen LogP contribution in [-0.4, -0.2) is 31.4 Å². The summed E-state index contributed by atoms with van der Waals surface area (Å²) in [6, 6.07) is 11.7. The van der Waals surface area contributed by atoms with Gasteiger partial charge in [0.15, 0.2) is 6.29 Å². The van der Waals surface area contributed by atoms with Gasteiger partial charge < -0.3 is 16.0 Å². The van der Waals surface area contributed by atoms with Crippen molar-refractivity contribution in [1.29, 1.82) is 0 Å². The molecule has 136 valence electrons. The van der Waals surface area contributed by atoms with E-state index >= 15 is 0 Å². The van der Waals surface area contributed by atoms with Gasteiger partial charge in [-0.15, -0.1) is 0 Å². The number of H-pyrrole nitrogens is 2. The maximum absolute atomic E-state index is 11.3. The SMILES string of the molecule is Nc1nccc(Nc2cc(-c3ccc4[nH]cc(C=O)c4c3)c3[nH]ncc3c2)n1. The molecule has 0 spiro atoms. The van der Waals surface area contributed by atoms with E-state index in [1.54, 1.807) is 24.7 Å². The van der Waals surface area contributed by atoms with Crippen LogP contribution in [0.15, 0.2) is 55.0 Å². The van der Waals surface area contributed by atoms with Crippen molar-refractivity contribution in [3.63, 3.8) is 0 Å². The lowest BCUT2D eigenvalue weighted by Gasteiger charge is -2.10. The summed E-state index contributed by atoms with van der Waals surface area (Å²) >= 11 is 0. The number of nitrogens with one attached hydrogen (secondary N) is 3. The van der Waals surface area contributed by atoms with Gasteiger partial charge >= 0.3 is 0 Å². The fraction of sp³-hybridized carbons (Fsp3) is 0. The second-order valence-electron chi connectivity index (χ2n) is 6.41. The fourth-order valence-electron chi connectivity index (χ4n) is 3.36. The van der Waals surface area contributed by atoms with Crippen molar-refractivity contribution < 1.29 is 4.79 Å². The Hall–Kier alpha value is -4.20. The smallest absolute Gasteiger partial charge is 0.221 e. The number of nitrogens with zero attached hydrogens (tertiary/aromatic N) is 3. The monoisotopic (exact) mass is 369 g/mol. The molecule has 2 aromatic carbocycles. The van der Waals surface area contributed by atoms with Crippen LogP contribution in [0.2, 0.25) is 0 Å². The highest BCUT2D eigenvalue weighted by Crippen LogP contribution is 2.33. The summed E-state index contributed by atoms with van der Waals surface area (Å²) in [5, 5.41) is 12.3. The summed E-state index contributed by atoms with van der Waals surface area (Å²) in [6.45, 7) is 0. The Morgan fingerprint density at radius 3 is 2.93 bits per heavy atom. The summed E-state index contributed by atoms with van der Waals surface area (Å²) in [6.07, 6.45) is 5.93. The zero-order valence-corrected chi connectivity index (χ0v) is 14.6. The van der Waals surface area contributed by atoms with E-state index in [1.807, 2.05) is 30.3 Å². The Kier molecular flexibility index (Phi) is 3.55. The molecule has 0 saturated heterocycles. The summed E-state index contributed by atoms with van der Waals surface area (Å²) in [5.41, 5.74) is 10.9. The quantitative estimate of drug-likeness (QED) is 0.358. The van der Waals surface area contributed by atoms with Crippen LogP contribution >= 0.6 is 0 Å². The minimum Gasteiger partial charge on any atom is -0.368 e. The molecule has 0 bridgehead atoms. The van der Waals surface area contributed by atoms with Crippen molar-refractivity contribution in [2.75, 3.05) is 11.1 Å². The van der Waals surface area contributed by atoms with E-state index < -0.39 is 0 Å². The average molecular weight is 369 g/mol. The van der Waals surface area contributed by atoms with Crippen molar-refractivity contribution >= 4 is 45.5 Å². The number of aldehydes is 1. The number of benzene rings is 2. The van der Waals surface area contributed by atoms with Crippen LogP contribution in [0.4, 0.5) is 17.5 Å². The first-order valence-electron chi connectivity index (χ1n) is 8.60. The highest BCUT2D eigenvalue weighted by molar-refractivity contribution is 6.02. The molecule has 0 unspecified atom stereocenters. The third kappa shape index (κ3) is 2.64. The lowest BCUT2D eigenvalue weighted by Crippen LogP contribution is -1.99. The number of hydrogen-bond donors (Lipinski definition) is 4. The number of fused-ring (bicyclic) bond motifs is 2. The number of aromatic amines is 2. The summed E-state index contributed by atoms with van der Waals surface area (Å²) in [4.78, 5) is 22.5. The van der Waals surface area contributed by atoms with E-state index in [4.69, 9.17) is 5.73 Å². The Morgan fingerprint density at radius 1 is 1.14 bits per heavy atom. The first-order valence-corrected chi connectivity index (χ1v) is 8.60. The van der Waals surface area contributed by atoms with E-state index in [1.165, 1.54) is 0 Å². The van der Waals surface area contributed by atoms with E-state index in [-0.39, 0.29) is 5.95 Å². The molecule has 3 aromatic heterocycles. The first kappa shape index (κ1) is 16.0. The van der Waals surface area contributed by atoms with Crippen molar-refractivity contribution in [2.24, 2.45) is 0 Å². The number of nitrogens with two attached hydrogens (primary N) is 1. The fourth-order valence-corrected chi connectivity index (χ4v) is 3.36. The first-order chi connectivity index (χ1) is 13.7. The van der Waals surface area contributed by atoms with Crippen molar-refractivity contribution in [3.05, 3.63) is 60.6 Å². The van der Waals surface area contributed by atoms with E-state index in [2.05, 4.69) is 30.5 Å². The molecule has 5 N–H and O–H groups in total. The van der Waals surface area contributed by atoms with Crippen molar-refractivity contribution in [2.45, 2.75) is 0 Å². The minimum atomic E-state index is 0.203. The zero-order valence-electron chi connectivity index (χ0n) is 14.6. The normalized spacial score (nSPS) is 11.1. The Morgan fingerprint density at radius 2 is 2.07 bits per heavy atom. The number of rotatable bonds is 4. The Bertz CT molecular complexity index is 1340. The molecule has 0 aliphatic rings. The Balaban J connectivity index is 1.66. The van der Waals surface area contributed by atoms with Crippen LogP contribution in [0.3, 0.4) is 0 Å². The van der Waals surface area contributed by atoms with Crippen molar-refractivity contribution in [3.8, 4) is 11.1 Å². The number of anilines is 3. The van der Waals surface area contributed by atoms with Gasteiger partial charge in [-0.3, -0.25) is 9.89 Å². The topological polar surface area (TPSA) is 125 Å². The van der Waals surface area contributed by atoms with Crippen LogP contribution in [0.25, 0.3) is 32.9 Å². The third-order valence-electron chi connectivity index (χ3n) is 4.65. The third-order valence-corrected chi connectivity index (χ3v) is 4.65. The van der Waals surface area contributed by atoms with Gasteiger partial charge in [0, 0.05) is 45.5 Å². The number of carbonyl (C=O) groups is 1. The molecule has 8 heteroatoms. The number of nitrogen functional groups attached to an aromatic ring is 1. The molecule has 3 heterocycles. The van der Waals surface area contributed by atoms with Gasteiger partial charge in [-0.05, 0) is 35.9 Å². The van der Waals surface area contributed by atoms with E-state index in [9.17, 15) is 4.79 Å². The molecular weight excluding hydrogens is 354 g/mol. The molecule has 0 aliphatic carbocycles. The van der Waals surface area contributed by atoms with Crippen LogP contribution in [0.5, 0.6) is 0 Å². The standard InChI is InChI=1S/C20H15N7O/c21-20-22-4-3-18(26-20)25-14-5-12-9-24-27-19(12)16(7-14)11-1-2-17-15(6-11)13(10-28)8-23-17/h1-10,23H,(H,24,27)(H3,21,22,25,26). The van der Waals surface area contributed by atoms with Gasteiger partial charge in [-0.1, -0.05) is 6.07 Å². The minimum absolute atomic E-state index is 0.203. The highest BCUT2D eigenvalue weighted by Gasteiger charge is 2.11. The summed E-state index contributed by atoms with van der Waals surface area (Å²) < 4.78 is 0. The predicted molar refractivity (Wildman–Crippen MR) is 109 cm³/mol. The largest absolute Gasteiger partial charge is 0.368 e. The number of aromatic nitrogens is 5. The van der Waals surface area contributed by atoms with Crippen molar-refractivity contribution in [1.82, 2.24) is 25.1 Å². The molecule has 0 amide bonds. The maximum Gasteiger partial charge on any atom is 0.221 e. The molecular formula is C20H15N7O. The predicted octanol–water partition coefficient (Wildman–Crippen LogP) is 3.64. The van der Waals surface area contributed by atoms with Gasteiger partial charge in [0.2, 0.25) is 5.95 Å². The molecule has 0 atom stereocenters. The Labute approximate surface area is 158 Å². The zero-order chi connectivity index (χ0) is 19.1. The summed E-state index contributed by atoms with van der Waals surface area (Å²) in [5.74, 6) is 0.805. The summed E-state index contributed by atoms with van der Waals surface area (Å²) in [7, 11) is 0. The van der Waals surface area contributed by atoms with Crippen LogP contribution in [0.1, 0.15) is 10.4 Å². The van der Waals surface area contributed by atoms with Gasteiger partial charge in [0.25, 0.3) is 0 Å². The van der Waals surface area contributed by atoms with Gasteiger partial charge in [-0.2, -0.15) is 10.1 Å². The molecule has 5 rings (SSSR count).